The van der Waals surface area contributed by atoms with E-state index in [0.717, 1.165) is 37.9 Å². The Morgan fingerprint density at radius 1 is 1.26 bits per heavy atom. The van der Waals surface area contributed by atoms with Crippen LogP contribution in [0.25, 0.3) is 0 Å². The third-order valence-electron chi connectivity index (χ3n) is 4.02. The van der Waals surface area contributed by atoms with Crippen molar-refractivity contribution < 1.29 is 4.74 Å². The number of hydrogen-bond acceptors (Lipinski definition) is 3. The van der Waals surface area contributed by atoms with Crippen LogP contribution in [0.5, 0.6) is 0 Å². The van der Waals surface area contributed by atoms with Crippen molar-refractivity contribution in [1.29, 1.82) is 0 Å². The van der Waals surface area contributed by atoms with Gasteiger partial charge in [0.05, 0.1) is 5.60 Å². The average molecular weight is 264 g/mol. The van der Waals surface area contributed by atoms with E-state index in [2.05, 4.69) is 37.1 Å². The molecule has 0 bridgehead atoms. The van der Waals surface area contributed by atoms with Crippen LogP contribution >= 0.6 is 0 Å². The van der Waals surface area contributed by atoms with E-state index in [-0.39, 0.29) is 5.60 Å². The van der Waals surface area contributed by atoms with E-state index in [0.29, 0.717) is 6.04 Å². The first-order valence-corrected chi connectivity index (χ1v) is 7.40. The van der Waals surface area contributed by atoms with Gasteiger partial charge < -0.3 is 10.1 Å². The van der Waals surface area contributed by atoms with Crippen LogP contribution in [0.4, 0.5) is 0 Å². The number of aromatic nitrogens is 1. The van der Waals surface area contributed by atoms with Crippen molar-refractivity contribution >= 4 is 0 Å². The fraction of sp³-hybridized carbons (Fsp3) is 0.688. The quantitative estimate of drug-likeness (QED) is 0.743. The Morgan fingerprint density at radius 2 is 2.00 bits per heavy atom. The van der Waals surface area contributed by atoms with Crippen molar-refractivity contribution in [3.05, 3.63) is 30.1 Å². The zero-order valence-electron chi connectivity index (χ0n) is 12.8. The number of nitrogens with one attached hydrogen (secondary N) is 1. The minimum Gasteiger partial charge on any atom is -0.377 e. The van der Waals surface area contributed by atoms with Gasteiger partial charge in [-0.05, 0) is 37.9 Å². The highest BCUT2D eigenvalue weighted by Gasteiger charge is 2.35. The molecule has 0 aliphatic rings. The molecule has 3 nitrogen and oxygen atoms in total. The zero-order valence-corrected chi connectivity index (χ0v) is 12.8. The molecule has 0 spiro atoms. The highest BCUT2D eigenvalue weighted by atomic mass is 16.5. The molecule has 19 heavy (non-hydrogen) atoms. The zero-order chi connectivity index (χ0) is 14.1. The molecule has 0 saturated carbocycles. The first-order chi connectivity index (χ1) is 9.22. The molecule has 1 aromatic rings. The number of nitrogens with zero attached hydrogens (tertiary/aromatic N) is 1. The Morgan fingerprint density at radius 3 is 2.47 bits per heavy atom. The molecule has 1 aromatic heterocycles. The molecular formula is C16H28N2O. The van der Waals surface area contributed by atoms with E-state index in [9.17, 15) is 0 Å². The summed E-state index contributed by atoms with van der Waals surface area (Å²) in [5, 5.41) is 3.65. The minimum absolute atomic E-state index is 0.104. The molecule has 1 heterocycles. The fourth-order valence-corrected chi connectivity index (χ4v) is 2.66. The van der Waals surface area contributed by atoms with Gasteiger partial charge in [0.25, 0.3) is 0 Å². The van der Waals surface area contributed by atoms with Crippen molar-refractivity contribution in [2.45, 2.75) is 58.1 Å². The standard InChI is InChI=1S/C16H28N2O/c1-5-11-18-15(16(6-2,7-3)19-4)13-14-10-8-9-12-17-14/h8-10,12,15,18H,5-7,11,13H2,1-4H3. The number of pyridine rings is 1. The third-order valence-corrected chi connectivity index (χ3v) is 4.02. The Labute approximate surface area is 117 Å². The lowest BCUT2D eigenvalue weighted by Gasteiger charge is -2.39. The van der Waals surface area contributed by atoms with E-state index in [4.69, 9.17) is 4.74 Å². The van der Waals surface area contributed by atoms with Crippen molar-refractivity contribution in [3.8, 4) is 0 Å². The van der Waals surface area contributed by atoms with Gasteiger partial charge in [-0.2, -0.15) is 0 Å². The van der Waals surface area contributed by atoms with Crippen LogP contribution in [0.2, 0.25) is 0 Å². The van der Waals surface area contributed by atoms with Gasteiger partial charge in [0.2, 0.25) is 0 Å². The molecule has 0 aromatic carbocycles. The molecule has 0 fully saturated rings. The summed E-state index contributed by atoms with van der Waals surface area (Å²) in [5.74, 6) is 0. The largest absolute Gasteiger partial charge is 0.377 e. The van der Waals surface area contributed by atoms with Gasteiger partial charge in [-0.1, -0.05) is 26.8 Å². The Bertz CT molecular complexity index is 328. The Balaban J connectivity index is 2.86. The van der Waals surface area contributed by atoms with Crippen molar-refractivity contribution in [1.82, 2.24) is 10.3 Å². The van der Waals surface area contributed by atoms with Gasteiger partial charge in [0.15, 0.2) is 0 Å². The predicted molar refractivity (Wildman–Crippen MR) is 80.3 cm³/mol. The van der Waals surface area contributed by atoms with E-state index in [1.807, 2.05) is 25.4 Å². The Hall–Kier alpha value is -0.930. The molecule has 1 atom stereocenters. The van der Waals surface area contributed by atoms with Crippen molar-refractivity contribution in [3.63, 3.8) is 0 Å². The second-order valence-corrected chi connectivity index (χ2v) is 5.01. The summed E-state index contributed by atoms with van der Waals surface area (Å²) in [4.78, 5) is 4.45. The summed E-state index contributed by atoms with van der Waals surface area (Å²) in [7, 11) is 1.83. The van der Waals surface area contributed by atoms with E-state index in [1.54, 1.807) is 0 Å². The van der Waals surface area contributed by atoms with Gasteiger partial charge in [-0.25, -0.2) is 0 Å². The van der Waals surface area contributed by atoms with Crippen LogP contribution in [-0.4, -0.2) is 30.3 Å². The average Bonchev–Trinajstić information content (AvgIpc) is 2.48. The molecule has 0 aliphatic carbocycles. The second kappa shape index (κ2) is 8.28. The predicted octanol–water partition coefficient (Wildman–Crippen LogP) is 3.20. The fourth-order valence-electron chi connectivity index (χ4n) is 2.66. The number of ether oxygens (including phenoxy) is 1. The topological polar surface area (TPSA) is 34.2 Å². The smallest absolute Gasteiger partial charge is 0.0829 e. The molecule has 108 valence electrons. The molecule has 0 amide bonds. The highest BCUT2D eigenvalue weighted by molar-refractivity contribution is 5.08. The SMILES string of the molecule is CCCNC(Cc1ccccn1)C(CC)(CC)OC. The summed E-state index contributed by atoms with van der Waals surface area (Å²) < 4.78 is 5.88. The molecule has 1 rings (SSSR count). The van der Waals surface area contributed by atoms with Crippen LogP contribution in [0, 0.1) is 0 Å². The van der Waals surface area contributed by atoms with Crippen LogP contribution in [0.3, 0.4) is 0 Å². The summed E-state index contributed by atoms with van der Waals surface area (Å²) in [6.07, 6.45) is 5.92. The lowest BCUT2D eigenvalue weighted by molar-refractivity contribution is -0.0473. The molecule has 3 heteroatoms. The first kappa shape index (κ1) is 16.1. The van der Waals surface area contributed by atoms with Gasteiger partial charge in [0.1, 0.15) is 0 Å². The second-order valence-electron chi connectivity index (χ2n) is 5.01. The number of hydrogen-bond donors (Lipinski definition) is 1. The minimum atomic E-state index is -0.104. The van der Waals surface area contributed by atoms with Gasteiger partial charge >= 0.3 is 0 Å². The number of methoxy groups -OCH3 is 1. The van der Waals surface area contributed by atoms with Crippen molar-refractivity contribution in [2.75, 3.05) is 13.7 Å². The normalized spacial score (nSPS) is 13.5. The van der Waals surface area contributed by atoms with Crippen LogP contribution in [-0.2, 0) is 11.2 Å². The maximum Gasteiger partial charge on any atom is 0.0829 e. The summed E-state index contributed by atoms with van der Waals surface area (Å²) >= 11 is 0. The van der Waals surface area contributed by atoms with Crippen LogP contribution in [0.15, 0.2) is 24.4 Å². The summed E-state index contributed by atoms with van der Waals surface area (Å²) in [6.45, 7) is 7.61. The maximum atomic E-state index is 5.88. The lowest BCUT2D eigenvalue weighted by atomic mass is 9.85. The molecule has 0 saturated heterocycles. The summed E-state index contributed by atoms with van der Waals surface area (Å²) in [5.41, 5.74) is 1.02. The Kier molecular flexibility index (Phi) is 7.03. The molecule has 0 aliphatic heterocycles. The van der Waals surface area contributed by atoms with E-state index in [1.165, 1.54) is 0 Å². The van der Waals surface area contributed by atoms with Gasteiger partial charge in [0, 0.05) is 31.5 Å². The monoisotopic (exact) mass is 264 g/mol. The van der Waals surface area contributed by atoms with E-state index < -0.39 is 0 Å². The van der Waals surface area contributed by atoms with E-state index >= 15 is 0 Å². The molecule has 0 radical (unpaired) electrons. The van der Waals surface area contributed by atoms with Crippen molar-refractivity contribution in [2.24, 2.45) is 0 Å². The highest BCUT2D eigenvalue weighted by Crippen LogP contribution is 2.26. The lowest BCUT2D eigenvalue weighted by Crippen LogP contribution is -2.53. The third kappa shape index (κ3) is 4.29. The molecule has 1 unspecified atom stereocenters. The number of rotatable bonds is 9. The van der Waals surface area contributed by atoms with Crippen LogP contribution < -0.4 is 5.32 Å². The van der Waals surface area contributed by atoms with Gasteiger partial charge in [-0.15, -0.1) is 0 Å². The maximum absolute atomic E-state index is 5.88. The molecular weight excluding hydrogens is 236 g/mol. The summed E-state index contributed by atoms with van der Waals surface area (Å²) in [6, 6.07) is 6.40. The van der Waals surface area contributed by atoms with Gasteiger partial charge in [-0.3, -0.25) is 4.98 Å². The molecule has 1 N–H and O–H groups in total. The first-order valence-electron chi connectivity index (χ1n) is 7.40. The van der Waals surface area contributed by atoms with Crippen LogP contribution in [0.1, 0.15) is 45.7 Å².